The lowest BCUT2D eigenvalue weighted by Gasteiger charge is -2.15. The summed E-state index contributed by atoms with van der Waals surface area (Å²) in [5.41, 5.74) is 2.86. The number of carbonyl (C=O) groups is 1. The molecule has 1 N–H and O–H groups in total. The van der Waals surface area contributed by atoms with Crippen LogP contribution in [0.5, 0.6) is 0 Å². The highest BCUT2D eigenvalue weighted by molar-refractivity contribution is 6.21. The van der Waals surface area contributed by atoms with Crippen LogP contribution in [0, 0.1) is 11.8 Å². The Kier molecular flexibility index (Phi) is 3.03. The molecule has 1 amide bonds. The summed E-state index contributed by atoms with van der Waals surface area (Å²) in [7, 11) is 0. The molecule has 5 unspecified atom stereocenters. The molecular weight excluding hydrogens is 270 g/mol. The van der Waals surface area contributed by atoms with Crippen molar-refractivity contribution in [3.8, 4) is 0 Å². The van der Waals surface area contributed by atoms with Gasteiger partial charge in [-0.1, -0.05) is 24.3 Å². The SMILES string of the molecule is O=C(NC1CCCC1Cl)C1C2CCc3ccccc3C21. The molecule has 3 aliphatic carbocycles. The quantitative estimate of drug-likeness (QED) is 0.832. The topological polar surface area (TPSA) is 29.1 Å². The molecule has 3 heteroatoms. The minimum atomic E-state index is 0.131. The maximum absolute atomic E-state index is 12.5. The minimum Gasteiger partial charge on any atom is -0.352 e. The Labute approximate surface area is 124 Å². The van der Waals surface area contributed by atoms with Crippen LogP contribution in [-0.4, -0.2) is 17.3 Å². The van der Waals surface area contributed by atoms with Gasteiger partial charge in [0.05, 0.1) is 5.38 Å². The first kappa shape index (κ1) is 12.7. The number of benzene rings is 1. The smallest absolute Gasteiger partial charge is 0.224 e. The van der Waals surface area contributed by atoms with Gasteiger partial charge in [0, 0.05) is 12.0 Å². The molecule has 5 atom stereocenters. The van der Waals surface area contributed by atoms with Gasteiger partial charge in [0.15, 0.2) is 0 Å². The third-order valence-electron chi connectivity index (χ3n) is 5.39. The monoisotopic (exact) mass is 289 g/mol. The average molecular weight is 290 g/mol. The number of fused-ring (bicyclic) bond motifs is 3. The van der Waals surface area contributed by atoms with Crippen LogP contribution in [-0.2, 0) is 11.2 Å². The van der Waals surface area contributed by atoms with Crippen LogP contribution in [0.3, 0.4) is 0 Å². The number of hydrogen-bond acceptors (Lipinski definition) is 1. The van der Waals surface area contributed by atoms with E-state index in [1.165, 1.54) is 11.1 Å². The van der Waals surface area contributed by atoms with Crippen LogP contribution in [0.2, 0.25) is 0 Å². The van der Waals surface area contributed by atoms with Crippen LogP contribution in [0.25, 0.3) is 0 Å². The molecule has 0 heterocycles. The molecule has 3 aliphatic rings. The average Bonchev–Trinajstić information content (AvgIpc) is 3.09. The Morgan fingerprint density at radius 1 is 1.20 bits per heavy atom. The van der Waals surface area contributed by atoms with Crippen molar-refractivity contribution < 1.29 is 4.79 Å². The van der Waals surface area contributed by atoms with Crippen LogP contribution < -0.4 is 5.32 Å². The van der Waals surface area contributed by atoms with Crippen LogP contribution in [0.15, 0.2) is 24.3 Å². The Morgan fingerprint density at radius 2 is 2.05 bits per heavy atom. The second kappa shape index (κ2) is 4.77. The van der Waals surface area contributed by atoms with Gasteiger partial charge >= 0.3 is 0 Å². The number of nitrogens with one attached hydrogen (secondary N) is 1. The lowest BCUT2D eigenvalue weighted by Crippen LogP contribution is -2.39. The minimum absolute atomic E-state index is 0.131. The summed E-state index contributed by atoms with van der Waals surface area (Å²) in [6.07, 6.45) is 5.50. The van der Waals surface area contributed by atoms with Gasteiger partial charge in [-0.3, -0.25) is 4.79 Å². The molecule has 0 bridgehead atoms. The first-order valence-corrected chi connectivity index (χ1v) is 8.21. The number of amides is 1. The lowest BCUT2D eigenvalue weighted by molar-refractivity contribution is -0.123. The Balaban J connectivity index is 1.48. The van der Waals surface area contributed by atoms with Gasteiger partial charge in [-0.15, -0.1) is 11.6 Å². The second-order valence-corrected chi connectivity index (χ2v) is 7.08. The zero-order valence-corrected chi connectivity index (χ0v) is 12.3. The number of aryl methyl sites for hydroxylation is 1. The molecule has 4 rings (SSSR count). The van der Waals surface area contributed by atoms with Gasteiger partial charge in [-0.25, -0.2) is 0 Å². The van der Waals surface area contributed by atoms with E-state index in [-0.39, 0.29) is 23.2 Å². The zero-order chi connectivity index (χ0) is 13.7. The summed E-state index contributed by atoms with van der Waals surface area (Å²) in [5.74, 6) is 1.48. The maximum atomic E-state index is 12.5. The highest BCUT2D eigenvalue weighted by Crippen LogP contribution is 2.59. The molecule has 2 saturated carbocycles. The van der Waals surface area contributed by atoms with Crippen molar-refractivity contribution in [3.05, 3.63) is 35.4 Å². The summed E-state index contributed by atoms with van der Waals surface area (Å²) in [4.78, 5) is 12.5. The van der Waals surface area contributed by atoms with E-state index in [1.54, 1.807) is 0 Å². The van der Waals surface area contributed by atoms with E-state index in [2.05, 4.69) is 29.6 Å². The number of alkyl halides is 1. The second-order valence-electron chi connectivity index (χ2n) is 6.51. The van der Waals surface area contributed by atoms with Gasteiger partial charge in [-0.05, 0) is 55.1 Å². The van der Waals surface area contributed by atoms with Gasteiger partial charge in [0.25, 0.3) is 0 Å². The highest BCUT2D eigenvalue weighted by atomic mass is 35.5. The van der Waals surface area contributed by atoms with Crippen LogP contribution in [0.4, 0.5) is 0 Å². The molecule has 1 aromatic rings. The zero-order valence-electron chi connectivity index (χ0n) is 11.5. The van der Waals surface area contributed by atoms with Crippen molar-refractivity contribution >= 4 is 17.5 Å². The van der Waals surface area contributed by atoms with Gasteiger partial charge in [-0.2, -0.15) is 0 Å². The summed E-state index contributed by atoms with van der Waals surface area (Å²) >= 11 is 6.27. The van der Waals surface area contributed by atoms with E-state index < -0.39 is 0 Å². The molecule has 2 fully saturated rings. The molecule has 2 nitrogen and oxygen atoms in total. The molecule has 0 spiro atoms. The van der Waals surface area contributed by atoms with Crippen molar-refractivity contribution in [2.45, 2.75) is 49.4 Å². The standard InChI is InChI=1S/C17H20ClNO/c18-13-6-3-7-14(13)19-17(20)16-12-9-8-10-4-1-2-5-11(10)15(12)16/h1-2,4-5,12-16H,3,6-9H2,(H,19,20). The van der Waals surface area contributed by atoms with E-state index in [9.17, 15) is 4.79 Å². The van der Waals surface area contributed by atoms with Crippen molar-refractivity contribution in [2.24, 2.45) is 11.8 Å². The fourth-order valence-corrected chi connectivity index (χ4v) is 4.62. The van der Waals surface area contributed by atoms with Gasteiger partial charge in [0.1, 0.15) is 0 Å². The molecule has 0 aliphatic heterocycles. The summed E-state index contributed by atoms with van der Waals surface area (Å²) in [6.45, 7) is 0. The molecule has 0 aromatic heterocycles. The third kappa shape index (κ3) is 1.96. The van der Waals surface area contributed by atoms with Crippen LogP contribution >= 0.6 is 11.6 Å². The lowest BCUT2D eigenvalue weighted by atomic mass is 9.92. The first-order chi connectivity index (χ1) is 9.75. The molecule has 106 valence electrons. The van der Waals surface area contributed by atoms with E-state index in [0.717, 1.165) is 32.1 Å². The van der Waals surface area contributed by atoms with Crippen molar-refractivity contribution in [1.82, 2.24) is 5.32 Å². The Bertz CT molecular complexity index is 544. The summed E-state index contributed by atoms with van der Waals surface area (Å²) in [6, 6.07) is 8.82. The summed E-state index contributed by atoms with van der Waals surface area (Å²) < 4.78 is 0. The van der Waals surface area contributed by atoms with Crippen LogP contribution in [0.1, 0.15) is 42.7 Å². The van der Waals surface area contributed by atoms with Gasteiger partial charge in [0.2, 0.25) is 5.91 Å². The predicted molar refractivity (Wildman–Crippen MR) is 79.9 cm³/mol. The number of hydrogen-bond donors (Lipinski definition) is 1. The third-order valence-corrected chi connectivity index (χ3v) is 5.91. The number of carbonyl (C=O) groups excluding carboxylic acids is 1. The van der Waals surface area contributed by atoms with Gasteiger partial charge < -0.3 is 5.32 Å². The fraction of sp³-hybridized carbons (Fsp3) is 0.588. The van der Waals surface area contributed by atoms with Crippen molar-refractivity contribution in [2.75, 3.05) is 0 Å². The number of halogens is 1. The Hall–Kier alpha value is -1.02. The van der Waals surface area contributed by atoms with E-state index >= 15 is 0 Å². The van der Waals surface area contributed by atoms with E-state index in [0.29, 0.717) is 11.8 Å². The Morgan fingerprint density at radius 3 is 2.85 bits per heavy atom. The largest absolute Gasteiger partial charge is 0.352 e. The number of rotatable bonds is 2. The van der Waals surface area contributed by atoms with Crippen molar-refractivity contribution in [3.63, 3.8) is 0 Å². The molecule has 1 aromatic carbocycles. The predicted octanol–water partition coefficient (Wildman–Crippen LogP) is 3.24. The molecular formula is C17H20ClNO. The maximum Gasteiger partial charge on any atom is 0.224 e. The normalized spacial score (nSPS) is 38.0. The summed E-state index contributed by atoms with van der Waals surface area (Å²) in [5, 5.41) is 3.34. The van der Waals surface area contributed by atoms with E-state index in [1.807, 2.05) is 0 Å². The molecule has 20 heavy (non-hydrogen) atoms. The van der Waals surface area contributed by atoms with Crippen molar-refractivity contribution in [1.29, 1.82) is 0 Å². The first-order valence-electron chi connectivity index (χ1n) is 7.78. The fourth-order valence-electron chi connectivity index (χ4n) is 4.28. The van der Waals surface area contributed by atoms with E-state index in [4.69, 9.17) is 11.6 Å². The molecule has 0 radical (unpaired) electrons. The molecule has 0 saturated heterocycles. The highest BCUT2D eigenvalue weighted by Gasteiger charge is 2.57.